The molecule has 3 N–H and O–H groups in total. The van der Waals surface area contributed by atoms with E-state index in [1.165, 1.54) is 17.5 Å². The molecule has 1 aliphatic rings. The van der Waals surface area contributed by atoms with Crippen molar-refractivity contribution in [3.8, 4) is 5.75 Å². The Bertz CT molecular complexity index is 809. The second-order valence-electron chi connectivity index (χ2n) is 6.00. The topological polar surface area (TPSA) is 63.9 Å². The van der Waals surface area contributed by atoms with Crippen molar-refractivity contribution in [3.05, 3.63) is 53.6 Å². The summed E-state index contributed by atoms with van der Waals surface area (Å²) in [6.45, 7) is 0.753. The van der Waals surface area contributed by atoms with E-state index >= 15 is 0 Å². The van der Waals surface area contributed by atoms with Crippen molar-refractivity contribution in [1.29, 1.82) is 0 Å². The third-order valence-electron chi connectivity index (χ3n) is 4.50. The number of aryl methyl sites for hydroxylation is 1. The van der Waals surface area contributed by atoms with Crippen LogP contribution in [-0.2, 0) is 12.8 Å². The van der Waals surface area contributed by atoms with Gasteiger partial charge in [-0.05, 0) is 48.4 Å². The minimum absolute atomic E-state index is 0.533. The van der Waals surface area contributed by atoms with Gasteiger partial charge in [-0.15, -0.1) is 0 Å². The standard InChI is InChI=1S/C18H19N3O/c19-18-16-8-7-15(10-17(16)20-21-18)22-11-12-5-6-13-3-1-2-4-14(13)9-12/h1-4,7-8,10,12H,5-6,9,11H2,(H3,19,20,21). The number of nitrogens with zero attached hydrogens (tertiary/aromatic N) is 1. The van der Waals surface area contributed by atoms with E-state index in [0.29, 0.717) is 11.7 Å². The van der Waals surface area contributed by atoms with Crippen LogP contribution in [0, 0.1) is 5.92 Å². The number of anilines is 1. The van der Waals surface area contributed by atoms with Crippen LogP contribution < -0.4 is 10.5 Å². The average molecular weight is 293 g/mol. The third-order valence-corrected chi connectivity index (χ3v) is 4.50. The Morgan fingerprint density at radius 3 is 2.95 bits per heavy atom. The van der Waals surface area contributed by atoms with Gasteiger partial charge in [-0.3, -0.25) is 5.10 Å². The maximum Gasteiger partial charge on any atom is 0.153 e. The number of nitrogen functional groups attached to an aromatic ring is 1. The van der Waals surface area contributed by atoms with Crippen LogP contribution in [0.25, 0.3) is 10.9 Å². The number of hydrogen-bond acceptors (Lipinski definition) is 3. The smallest absolute Gasteiger partial charge is 0.153 e. The summed E-state index contributed by atoms with van der Waals surface area (Å²) in [6, 6.07) is 14.6. The number of aromatic amines is 1. The zero-order chi connectivity index (χ0) is 14.9. The van der Waals surface area contributed by atoms with Crippen molar-refractivity contribution in [3.63, 3.8) is 0 Å². The lowest BCUT2D eigenvalue weighted by Gasteiger charge is -2.24. The zero-order valence-electron chi connectivity index (χ0n) is 12.4. The highest BCUT2D eigenvalue weighted by Crippen LogP contribution is 2.27. The molecule has 3 aromatic rings. The third kappa shape index (κ3) is 2.41. The highest BCUT2D eigenvalue weighted by atomic mass is 16.5. The van der Waals surface area contributed by atoms with E-state index in [1.54, 1.807) is 0 Å². The van der Waals surface area contributed by atoms with Crippen LogP contribution in [0.15, 0.2) is 42.5 Å². The molecular formula is C18H19N3O. The number of nitrogens with two attached hydrogens (primary N) is 1. The molecule has 0 bridgehead atoms. The van der Waals surface area contributed by atoms with Crippen LogP contribution in [0.2, 0.25) is 0 Å². The molecule has 0 saturated carbocycles. The normalized spacial score (nSPS) is 17.4. The Labute approximate surface area is 129 Å². The molecular weight excluding hydrogens is 274 g/mol. The first-order valence-corrected chi connectivity index (χ1v) is 7.73. The molecule has 1 aliphatic carbocycles. The first-order valence-electron chi connectivity index (χ1n) is 7.73. The molecule has 0 amide bonds. The lowest BCUT2D eigenvalue weighted by Crippen LogP contribution is -2.20. The zero-order valence-corrected chi connectivity index (χ0v) is 12.4. The summed E-state index contributed by atoms with van der Waals surface area (Å²) in [5, 5.41) is 7.88. The van der Waals surface area contributed by atoms with Gasteiger partial charge in [-0.1, -0.05) is 24.3 Å². The van der Waals surface area contributed by atoms with Gasteiger partial charge in [-0.25, -0.2) is 0 Å². The predicted molar refractivity (Wildman–Crippen MR) is 88.0 cm³/mol. The minimum Gasteiger partial charge on any atom is -0.493 e. The number of hydrogen-bond donors (Lipinski definition) is 2. The molecule has 1 heterocycles. The summed E-state index contributed by atoms with van der Waals surface area (Å²) >= 11 is 0. The molecule has 0 spiro atoms. The Kier molecular flexibility index (Phi) is 3.22. The van der Waals surface area contributed by atoms with Crippen LogP contribution in [0.1, 0.15) is 17.5 Å². The number of nitrogens with one attached hydrogen (secondary N) is 1. The maximum atomic E-state index is 5.99. The first-order chi connectivity index (χ1) is 10.8. The quantitative estimate of drug-likeness (QED) is 0.778. The van der Waals surface area contributed by atoms with Gasteiger partial charge in [0.25, 0.3) is 0 Å². The predicted octanol–water partition coefficient (Wildman–Crippen LogP) is 3.33. The van der Waals surface area contributed by atoms with Crippen LogP contribution >= 0.6 is 0 Å². The summed E-state index contributed by atoms with van der Waals surface area (Å²) in [7, 11) is 0. The van der Waals surface area contributed by atoms with Gasteiger partial charge in [0.05, 0.1) is 12.1 Å². The Balaban J connectivity index is 1.44. The van der Waals surface area contributed by atoms with Gasteiger partial charge in [0.2, 0.25) is 0 Å². The Morgan fingerprint density at radius 1 is 1.18 bits per heavy atom. The lowest BCUT2D eigenvalue weighted by atomic mass is 9.84. The van der Waals surface area contributed by atoms with E-state index in [9.17, 15) is 0 Å². The number of rotatable bonds is 3. The molecule has 0 radical (unpaired) electrons. The fourth-order valence-electron chi connectivity index (χ4n) is 3.24. The van der Waals surface area contributed by atoms with E-state index in [4.69, 9.17) is 10.5 Å². The van der Waals surface area contributed by atoms with Gasteiger partial charge in [0.15, 0.2) is 5.82 Å². The molecule has 1 aromatic heterocycles. The molecule has 1 unspecified atom stereocenters. The van der Waals surface area contributed by atoms with Crippen LogP contribution in [-0.4, -0.2) is 16.8 Å². The van der Waals surface area contributed by atoms with Crippen molar-refractivity contribution in [2.75, 3.05) is 12.3 Å². The van der Waals surface area contributed by atoms with Crippen molar-refractivity contribution in [1.82, 2.24) is 10.2 Å². The largest absolute Gasteiger partial charge is 0.493 e. The van der Waals surface area contributed by atoms with E-state index in [-0.39, 0.29) is 0 Å². The Hall–Kier alpha value is -2.49. The summed E-state index contributed by atoms with van der Waals surface area (Å²) in [4.78, 5) is 0. The van der Waals surface area contributed by atoms with E-state index in [0.717, 1.165) is 36.1 Å². The van der Waals surface area contributed by atoms with Gasteiger partial charge in [0, 0.05) is 11.5 Å². The van der Waals surface area contributed by atoms with Gasteiger partial charge < -0.3 is 10.5 Å². The van der Waals surface area contributed by atoms with Crippen LogP contribution in [0.4, 0.5) is 5.82 Å². The highest BCUT2D eigenvalue weighted by Gasteiger charge is 2.18. The van der Waals surface area contributed by atoms with Crippen molar-refractivity contribution < 1.29 is 4.74 Å². The van der Waals surface area contributed by atoms with Crippen LogP contribution in [0.3, 0.4) is 0 Å². The van der Waals surface area contributed by atoms with Gasteiger partial charge in [-0.2, -0.15) is 5.10 Å². The molecule has 4 heteroatoms. The number of ether oxygens (including phenoxy) is 1. The maximum absolute atomic E-state index is 5.99. The van der Waals surface area contributed by atoms with E-state index in [2.05, 4.69) is 34.5 Å². The number of fused-ring (bicyclic) bond motifs is 2. The molecule has 0 aliphatic heterocycles. The second kappa shape index (κ2) is 5.37. The molecule has 112 valence electrons. The van der Waals surface area contributed by atoms with Gasteiger partial charge >= 0.3 is 0 Å². The summed E-state index contributed by atoms with van der Waals surface area (Å²) < 4.78 is 5.99. The average Bonchev–Trinajstić information content (AvgIpc) is 2.93. The molecule has 2 aromatic carbocycles. The SMILES string of the molecule is Nc1n[nH]c2cc(OCC3CCc4ccccc4C3)ccc12. The summed E-state index contributed by atoms with van der Waals surface area (Å²) in [5.74, 6) is 1.98. The van der Waals surface area contributed by atoms with Crippen molar-refractivity contribution in [2.45, 2.75) is 19.3 Å². The van der Waals surface area contributed by atoms with Crippen molar-refractivity contribution in [2.24, 2.45) is 5.92 Å². The summed E-state index contributed by atoms with van der Waals surface area (Å²) in [5.41, 5.74) is 9.66. The summed E-state index contributed by atoms with van der Waals surface area (Å²) in [6.07, 6.45) is 3.45. The molecule has 1 atom stereocenters. The lowest BCUT2D eigenvalue weighted by molar-refractivity contribution is 0.234. The second-order valence-corrected chi connectivity index (χ2v) is 6.00. The monoisotopic (exact) mass is 293 g/mol. The van der Waals surface area contributed by atoms with E-state index in [1.807, 2.05) is 18.2 Å². The van der Waals surface area contributed by atoms with Gasteiger partial charge in [0.1, 0.15) is 5.75 Å². The number of aromatic nitrogens is 2. The number of benzene rings is 2. The Morgan fingerprint density at radius 2 is 2.05 bits per heavy atom. The minimum atomic E-state index is 0.533. The molecule has 4 nitrogen and oxygen atoms in total. The fraction of sp³-hybridized carbons (Fsp3) is 0.278. The molecule has 22 heavy (non-hydrogen) atoms. The first kappa shape index (κ1) is 13.2. The highest BCUT2D eigenvalue weighted by molar-refractivity contribution is 5.89. The van der Waals surface area contributed by atoms with Crippen molar-refractivity contribution >= 4 is 16.7 Å². The molecule has 0 saturated heterocycles. The fourth-order valence-corrected chi connectivity index (χ4v) is 3.24. The molecule has 0 fully saturated rings. The van der Waals surface area contributed by atoms with Crippen LogP contribution in [0.5, 0.6) is 5.75 Å². The van der Waals surface area contributed by atoms with E-state index < -0.39 is 0 Å². The number of H-pyrrole nitrogens is 1. The molecule has 4 rings (SSSR count).